The number of carbonyl (C=O) groups excluding carboxylic acids is 1. The number of rotatable bonds is 4. The Balaban J connectivity index is 1.54. The molecule has 1 amide bonds. The number of amides is 1. The summed E-state index contributed by atoms with van der Waals surface area (Å²) in [6.07, 6.45) is 7.53. The molecule has 2 atom stereocenters. The Hall–Kier alpha value is -1.62. The monoisotopic (exact) mass is 346 g/mol. The highest BCUT2D eigenvalue weighted by Gasteiger charge is 2.37. The molecule has 1 aromatic heterocycles. The number of nitrogens with zero attached hydrogens (tertiary/aromatic N) is 2. The Morgan fingerprint density at radius 2 is 2.08 bits per heavy atom. The van der Waals surface area contributed by atoms with E-state index in [4.69, 9.17) is 9.47 Å². The van der Waals surface area contributed by atoms with E-state index in [0.29, 0.717) is 5.92 Å². The largest absolute Gasteiger partial charge is 0.490 e. The molecule has 3 heterocycles. The molecule has 3 rings (SSSR count). The summed E-state index contributed by atoms with van der Waals surface area (Å²) in [6, 6.07) is 1.92. The van der Waals surface area contributed by atoms with E-state index in [1.54, 1.807) is 6.20 Å². The van der Waals surface area contributed by atoms with Gasteiger partial charge in [0.25, 0.3) is 0 Å². The lowest BCUT2D eigenvalue weighted by Gasteiger charge is -2.39. The average molecular weight is 346 g/mol. The molecule has 2 aliphatic rings. The zero-order valence-corrected chi connectivity index (χ0v) is 15.6. The maximum absolute atomic E-state index is 13.0. The van der Waals surface area contributed by atoms with E-state index in [9.17, 15) is 4.79 Å². The van der Waals surface area contributed by atoms with Gasteiger partial charge in [-0.3, -0.25) is 9.78 Å². The minimum atomic E-state index is 0.0219. The van der Waals surface area contributed by atoms with Gasteiger partial charge in [-0.15, -0.1) is 0 Å². The van der Waals surface area contributed by atoms with Crippen LogP contribution in [0, 0.1) is 18.8 Å². The quantitative estimate of drug-likeness (QED) is 0.840. The van der Waals surface area contributed by atoms with Crippen LogP contribution in [-0.4, -0.2) is 47.7 Å². The second kappa shape index (κ2) is 8.17. The molecule has 5 nitrogen and oxygen atoms in total. The van der Waals surface area contributed by atoms with Gasteiger partial charge in [-0.2, -0.15) is 0 Å². The normalized spacial score (nSPS) is 25.2. The maximum Gasteiger partial charge on any atom is 0.228 e. The van der Waals surface area contributed by atoms with E-state index in [2.05, 4.69) is 18.8 Å². The molecule has 2 aliphatic heterocycles. The fraction of sp³-hybridized carbons (Fsp3) is 0.700. The summed E-state index contributed by atoms with van der Waals surface area (Å²) in [5.41, 5.74) is 1.06. The number of likely N-dealkylation sites (tertiary alicyclic amines) is 1. The van der Waals surface area contributed by atoms with Crippen molar-refractivity contribution in [3.05, 3.63) is 24.0 Å². The second-order valence-electron chi connectivity index (χ2n) is 7.61. The number of hydrogen-bond donors (Lipinski definition) is 0. The molecular formula is C20H30N2O3. The van der Waals surface area contributed by atoms with Crippen molar-refractivity contribution in [3.63, 3.8) is 0 Å². The molecule has 0 aromatic carbocycles. The Bertz CT molecular complexity index is 582. The molecule has 0 radical (unpaired) electrons. The zero-order chi connectivity index (χ0) is 17.8. The molecular weight excluding hydrogens is 316 g/mol. The van der Waals surface area contributed by atoms with Crippen molar-refractivity contribution in [2.24, 2.45) is 11.8 Å². The minimum Gasteiger partial charge on any atom is -0.490 e. The van der Waals surface area contributed by atoms with Gasteiger partial charge >= 0.3 is 0 Å². The van der Waals surface area contributed by atoms with Gasteiger partial charge < -0.3 is 14.4 Å². The fourth-order valence-corrected chi connectivity index (χ4v) is 3.93. The van der Waals surface area contributed by atoms with Crippen molar-refractivity contribution in [2.75, 3.05) is 19.7 Å². The van der Waals surface area contributed by atoms with Gasteiger partial charge in [-0.05, 0) is 31.7 Å². The van der Waals surface area contributed by atoms with Gasteiger partial charge in [0.05, 0.1) is 12.0 Å². The smallest absolute Gasteiger partial charge is 0.228 e. The lowest BCUT2D eigenvalue weighted by atomic mass is 9.86. The summed E-state index contributed by atoms with van der Waals surface area (Å²) >= 11 is 0. The van der Waals surface area contributed by atoms with Gasteiger partial charge in [-0.1, -0.05) is 13.8 Å². The van der Waals surface area contributed by atoms with Crippen molar-refractivity contribution in [1.29, 1.82) is 0 Å². The summed E-state index contributed by atoms with van der Waals surface area (Å²) in [6.45, 7) is 8.63. The van der Waals surface area contributed by atoms with Crippen LogP contribution >= 0.6 is 0 Å². The van der Waals surface area contributed by atoms with Crippen LogP contribution in [0.5, 0.6) is 5.75 Å². The molecule has 25 heavy (non-hydrogen) atoms. The van der Waals surface area contributed by atoms with E-state index in [1.807, 2.05) is 24.1 Å². The number of ether oxygens (including phenoxy) is 2. The third-order valence-electron chi connectivity index (χ3n) is 5.36. The van der Waals surface area contributed by atoms with E-state index in [-0.39, 0.29) is 24.0 Å². The van der Waals surface area contributed by atoms with E-state index < -0.39 is 0 Å². The van der Waals surface area contributed by atoms with Gasteiger partial charge in [0, 0.05) is 50.5 Å². The van der Waals surface area contributed by atoms with Crippen molar-refractivity contribution >= 4 is 5.91 Å². The third kappa shape index (κ3) is 4.32. The van der Waals surface area contributed by atoms with Gasteiger partial charge in [0.1, 0.15) is 11.9 Å². The first-order valence-electron chi connectivity index (χ1n) is 9.54. The summed E-state index contributed by atoms with van der Waals surface area (Å²) in [7, 11) is 0. The van der Waals surface area contributed by atoms with Gasteiger partial charge in [0.2, 0.25) is 5.91 Å². The molecule has 138 valence electrons. The van der Waals surface area contributed by atoms with Gasteiger partial charge in [0.15, 0.2) is 0 Å². The predicted octanol–water partition coefficient (Wildman–Crippen LogP) is 3.21. The number of pyridine rings is 1. The van der Waals surface area contributed by atoms with Crippen molar-refractivity contribution < 1.29 is 14.3 Å². The molecule has 0 aliphatic carbocycles. The average Bonchev–Trinajstić information content (AvgIpc) is 2.63. The number of piperidine rings is 1. The molecule has 0 bridgehead atoms. The highest BCUT2D eigenvalue weighted by atomic mass is 16.5. The molecule has 2 saturated heterocycles. The van der Waals surface area contributed by atoms with Crippen molar-refractivity contribution in [2.45, 2.75) is 58.7 Å². The first-order chi connectivity index (χ1) is 12.1. The third-order valence-corrected chi connectivity index (χ3v) is 5.36. The van der Waals surface area contributed by atoms with E-state index in [1.165, 1.54) is 0 Å². The topological polar surface area (TPSA) is 51.7 Å². The van der Waals surface area contributed by atoms with Crippen molar-refractivity contribution in [3.8, 4) is 5.75 Å². The first kappa shape index (κ1) is 18.2. The Morgan fingerprint density at radius 3 is 2.76 bits per heavy atom. The second-order valence-corrected chi connectivity index (χ2v) is 7.61. The number of aromatic nitrogens is 1. The van der Waals surface area contributed by atoms with Gasteiger partial charge in [-0.25, -0.2) is 0 Å². The zero-order valence-electron chi connectivity index (χ0n) is 15.6. The maximum atomic E-state index is 13.0. The van der Waals surface area contributed by atoms with Crippen LogP contribution < -0.4 is 4.74 Å². The molecule has 0 spiro atoms. The lowest BCUT2D eigenvalue weighted by molar-refractivity contribution is -0.149. The lowest BCUT2D eigenvalue weighted by Crippen LogP contribution is -2.49. The molecule has 0 saturated carbocycles. The summed E-state index contributed by atoms with van der Waals surface area (Å²) in [5, 5.41) is 0. The number of hydrogen-bond acceptors (Lipinski definition) is 4. The molecule has 1 aromatic rings. The summed E-state index contributed by atoms with van der Waals surface area (Å²) in [4.78, 5) is 19.1. The van der Waals surface area contributed by atoms with E-state index >= 15 is 0 Å². The van der Waals surface area contributed by atoms with Crippen LogP contribution in [0.2, 0.25) is 0 Å². The Kier molecular flexibility index (Phi) is 5.94. The van der Waals surface area contributed by atoms with Crippen LogP contribution in [0.3, 0.4) is 0 Å². The summed E-state index contributed by atoms with van der Waals surface area (Å²) < 4.78 is 12.0. The fourth-order valence-electron chi connectivity index (χ4n) is 3.93. The van der Waals surface area contributed by atoms with Crippen LogP contribution in [0.25, 0.3) is 0 Å². The number of aryl methyl sites for hydroxylation is 1. The molecule has 2 fully saturated rings. The minimum absolute atomic E-state index is 0.0219. The van der Waals surface area contributed by atoms with Crippen LogP contribution in [0.15, 0.2) is 18.5 Å². The molecule has 5 heteroatoms. The number of carbonyl (C=O) groups is 1. The predicted molar refractivity (Wildman–Crippen MR) is 96.5 cm³/mol. The standard InChI is InChI=1S/C20H30N2O3/c1-14(2)19-17(5-4-12-24-19)20(23)22-10-7-16(8-11-22)25-18-6-9-21-13-15(18)3/h6,9,13-14,16-17,19H,4-5,7-8,10-12H2,1-3H3/t17-,19+/m0/s1. The highest BCUT2D eigenvalue weighted by molar-refractivity contribution is 5.79. The van der Waals surface area contributed by atoms with Crippen LogP contribution in [-0.2, 0) is 9.53 Å². The molecule has 0 unspecified atom stereocenters. The Labute approximate surface area is 150 Å². The van der Waals surface area contributed by atoms with Crippen LogP contribution in [0.4, 0.5) is 0 Å². The van der Waals surface area contributed by atoms with Crippen molar-refractivity contribution in [1.82, 2.24) is 9.88 Å². The first-order valence-corrected chi connectivity index (χ1v) is 9.54. The van der Waals surface area contributed by atoms with E-state index in [0.717, 1.165) is 56.7 Å². The SMILES string of the molecule is Cc1cnccc1OC1CCN(C(=O)[C@H]2CCCO[C@@H]2C(C)C)CC1. The highest BCUT2D eigenvalue weighted by Crippen LogP contribution is 2.29. The Morgan fingerprint density at radius 1 is 1.32 bits per heavy atom. The summed E-state index contributed by atoms with van der Waals surface area (Å²) in [5.74, 6) is 1.58. The molecule has 0 N–H and O–H groups in total. The van der Waals surface area contributed by atoms with Crippen LogP contribution in [0.1, 0.15) is 45.1 Å².